The molecule has 0 bridgehead atoms. The summed E-state index contributed by atoms with van der Waals surface area (Å²) in [6, 6.07) is 12.0. The number of aryl methyl sites for hydroxylation is 3. The highest BCUT2D eigenvalue weighted by Crippen LogP contribution is 2.24. The molecule has 2 aromatic rings. The maximum Gasteiger partial charge on any atom is 0.414 e. The van der Waals surface area contributed by atoms with Gasteiger partial charge in [-0.1, -0.05) is 35.9 Å². The molecule has 6 heteroatoms. The fraction of sp³-hybridized carbons (Fsp3) is 0.417. The van der Waals surface area contributed by atoms with Gasteiger partial charge in [0, 0.05) is 38.3 Å². The Morgan fingerprint density at radius 3 is 2.37 bits per heavy atom. The smallest absolute Gasteiger partial charge is 0.402 e. The summed E-state index contributed by atoms with van der Waals surface area (Å²) in [4.78, 5) is 9.17. The number of nitrogens with one attached hydrogen (secondary N) is 1. The van der Waals surface area contributed by atoms with E-state index < -0.39 is 0 Å². The zero-order chi connectivity index (χ0) is 21.7. The average Bonchev–Trinajstić information content (AvgIpc) is 2.71. The summed E-state index contributed by atoms with van der Waals surface area (Å²) >= 11 is 3.43. The van der Waals surface area contributed by atoms with Gasteiger partial charge in [-0.2, -0.15) is 0 Å². The summed E-state index contributed by atoms with van der Waals surface area (Å²) < 4.78 is 5.91. The highest BCUT2D eigenvalue weighted by Gasteiger charge is 2.15. The zero-order valence-electron chi connectivity index (χ0n) is 18.5. The molecule has 0 saturated carbocycles. The zero-order valence-corrected chi connectivity index (χ0v) is 19.5. The van der Waals surface area contributed by atoms with Crippen molar-refractivity contribution < 1.29 is 4.74 Å². The van der Waals surface area contributed by atoms with Crippen LogP contribution < -0.4 is 4.74 Å². The quantitative estimate of drug-likeness (QED) is 0.455. The molecular formula is C24H33N4OS+. The molecule has 1 fully saturated rings. The third kappa shape index (κ3) is 6.17. The monoisotopic (exact) mass is 425 g/mol. The molecule has 1 aliphatic rings. The third-order valence-electron chi connectivity index (χ3n) is 5.67. The van der Waals surface area contributed by atoms with Crippen molar-refractivity contribution in [2.24, 2.45) is 4.99 Å². The lowest BCUT2D eigenvalue weighted by atomic mass is 10.0. The summed E-state index contributed by atoms with van der Waals surface area (Å²) in [5, 5.41) is 8.47. The van der Waals surface area contributed by atoms with E-state index in [1.807, 2.05) is 31.2 Å². The number of amidine groups is 1. The minimum atomic E-state index is 0.165. The van der Waals surface area contributed by atoms with Crippen LogP contribution in [0.3, 0.4) is 0 Å². The van der Waals surface area contributed by atoms with Crippen molar-refractivity contribution in [2.75, 3.05) is 39.8 Å². The lowest BCUT2D eigenvalue weighted by molar-refractivity contribution is 0.155. The lowest BCUT2D eigenvalue weighted by Crippen LogP contribution is -2.45. The van der Waals surface area contributed by atoms with E-state index in [-0.39, 0.29) is 11.1 Å². The van der Waals surface area contributed by atoms with Crippen LogP contribution in [-0.4, -0.2) is 60.6 Å². The predicted molar refractivity (Wildman–Crippen MR) is 130 cm³/mol. The van der Waals surface area contributed by atoms with Crippen molar-refractivity contribution in [3.63, 3.8) is 0 Å². The first-order chi connectivity index (χ1) is 14.3. The molecule has 1 heterocycles. The second-order valence-corrected chi connectivity index (χ2v) is 8.60. The predicted octanol–water partition coefficient (Wildman–Crippen LogP) is 3.17. The van der Waals surface area contributed by atoms with E-state index in [1.54, 1.807) is 0 Å². The van der Waals surface area contributed by atoms with Crippen molar-refractivity contribution in [3.05, 3.63) is 64.2 Å². The first kappa shape index (κ1) is 22.5. The molecule has 0 spiro atoms. The Balaban J connectivity index is 1.62. The molecule has 0 unspecified atom stereocenters. The van der Waals surface area contributed by atoms with Gasteiger partial charge in [0.25, 0.3) is 0 Å². The van der Waals surface area contributed by atoms with Gasteiger partial charge in [0.05, 0.1) is 12.6 Å². The van der Waals surface area contributed by atoms with Crippen LogP contribution >= 0.6 is 0 Å². The van der Waals surface area contributed by atoms with Crippen LogP contribution in [0.15, 0.2) is 41.4 Å². The molecule has 1 N–H and O–H groups in total. The first-order valence-electron chi connectivity index (χ1n) is 10.5. The van der Waals surface area contributed by atoms with E-state index in [2.05, 4.69) is 60.4 Å². The highest BCUT2D eigenvalue weighted by molar-refractivity contribution is 7.77. The van der Waals surface area contributed by atoms with Gasteiger partial charge in [0.2, 0.25) is 0 Å². The Morgan fingerprint density at radius 2 is 1.70 bits per heavy atom. The van der Waals surface area contributed by atoms with Crippen molar-refractivity contribution in [1.29, 1.82) is 5.41 Å². The average molecular weight is 426 g/mol. The summed E-state index contributed by atoms with van der Waals surface area (Å²) in [6.45, 7) is 11.9. The first-order valence-corrected chi connectivity index (χ1v) is 11.0. The molecule has 30 heavy (non-hydrogen) atoms. The van der Waals surface area contributed by atoms with Gasteiger partial charge < -0.3 is 14.5 Å². The Morgan fingerprint density at radius 1 is 1.03 bits per heavy atom. The Bertz CT molecular complexity index is 916. The van der Waals surface area contributed by atoms with Crippen LogP contribution in [-0.2, 0) is 19.0 Å². The molecule has 160 valence electrons. The number of benzene rings is 2. The number of piperazine rings is 1. The molecule has 1 aliphatic heterocycles. The number of nitrogens with zero attached hydrogens (tertiary/aromatic N) is 3. The number of hydrogen-bond donors (Lipinski definition) is 1. The second kappa shape index (κ2) is 10.2. The molecule has 2 aromatic carbocycles. The van der Waals surface area contributed by atoms with E-state index in [0.717, 1.165) is 61.6 Å². The molecule has 0 amide bonds. The van der Waals surface area contributed by atoms with Crippen molar-refractivity contribution in [1.82, 2.24) is 9.80 Å². The summed E-state index contributed by atoms with van der Waals surface area (Å²) in [6.07, 6.45) is 1.05. The fourth-order valence-corrected chi connectivity index (χ4v) is 3.81. The topological polar surface area (TPSA) is 51.9 Å². The Hall–Kier alpha value is -2.15. The van der Waals surface area contributed by atoms with Gasteiger partial charge in [-0.3, -0.25) is 5.41 Å². The SMILES string of the molecule is Cc1ccc(C(=N)N=C([SH2+])Oc2cc(C)c(CCN3CCN(C)CC3)cc2C)cc1. The summed E-state index contributed by atoms with van der Waals surface area (Å²) in [5.41, 5.74) is 5.56. The second-order valence-electron chi connectivity index (χ2n) is 8.17. The third-order valence-corrected chi connectivity index (χ3v) is 5.89. The maximum atomic E-state index is 8.18. The van der Waals surface area contributed by atoms with E-state index in [1.165, 1.54) is 11.1 Å². The Labute approximate surface area is 185 Å². The number of hydrogen-bond acceptors (Lipinski definition) is 4. The van der Waals surface area contributed by atoms with Gasteiger partial charge >= 0.3 is 5.23 Å². The number of likely N-dealkylation sites (N-methyl/N-ethyl adjacent to an activating group) is 1. The van der Waals surface area contributed by atoms with Gasteiger partial charge in [-0.15, -0.1) is 4.99 Å². The molecular weight excluding hydrogens is 392 g/mol. The minimum Gasteiger partial charge on any atom is -0.402 e. The van der Waals surface area contributed by atoms with Crippen LogP contribution in [0.25, 0.3) is 0 Å². The highest BCUT2D eigenvalue weighted by atomic mass is 32.1. The van der Waals surface area contributed by atoms with Crippen LogP contribution in [0, 0.1) is 26.2 Å². The molecule has 0 atom stereocenters. The van der Waals surface area contributed by atoms with Crippen LogP contribution in [0.5, 0.6) is 5.75 Å². The Kier molecular flexibility index (Phi) is 7.69. The van der Waals surface area contributed by atoms with E-state index >= 15 is 0 Å². The van der Waals surface area contributed by atoms with Crippen LogP contribution in [0.1, 0.15) is 27.8 Å². The molecule has 5 nitrogen and oxygen atoms in total. The molecule has 0 radical (unpaired) electrons. The number of aliphatic imine (C=N–C) groups is 1. The number of ether oxygens (including phenoxy) is 1. The summed E-state index contributed by atoms with van der Waals surface area (Å²) in [7, 11) is 2.19. The van der Waals surface area contributed by atoms with Gasteiger partial charge in [0.15, 0.2) is 5.84 Å². The summed E-state index contributed by atoms with van der Waals surface area (Å²) in [5.74, 6) is 0.930. The van der Waals surface area contributed by atoms with Crippen molar-refractivity contribution in [2.45, 2.75) is 27.2 Å². The molecule has 0 aromatic heterocycles. The van der Waals surface area contributed by atoms with Crippen LogP contribution in [0.2, 0.25) is 0 Å². The minimum absolute atomic E-state index is 0.165. The maximum absolute atomic E-state index is 8.18. The lowest BCUT2D eigenvalue weighted by Gasteiger charge is -2.32. The largest absolute Gasteiger partial charge is 0.414 e. The van der Waals surface area contributed by atoms with Crippen LogP contribution in [0.4, 0.5) is 0 Å². The number of rotatable bonds is 5. The van der Waals surface area contributed by atoms with E-state index in [0.29, 0.717) is 0 Å². The molecule has 1 saturated heterocycles. The van der Waals surface area contributed by atoms with E-state index in [9.17, 15) is 0 Å². The van der Waals surface area contributed by atoms with Crippen molar-refractivity contribution >= 4 is 23.7 Å². The van der Waals surface area contributed by atoms with E-state index in [4.69, 9.17) is 10.1 Å². The van der Waals surface area contributed by atoms with Gasteiger partial charge in [-0.25, -0.2) is 0 Å². The van der Waals surface area contributed by atoms with Gasteiger partial charge in [0.1, 0.15) is 5.75 Å². The standard InChI is InChI=1S/C24H32N4OS/c1-17-5-7-20(8-6-17)23(25)26-24(30)29-22-16-18(2)21(15-19(22)3)9-10-28-13-11-27(4)12-14-28/h5-8,15-16H,9-14H2,1-4H3,(H2,25,26,30)/p+1. The normalized spacial score (nSPS) is 16.0. The molecule has 0 aliphatic carbocycles. The molecule has 3 rings (SSSR count). The van der Waals surface area contributed by atoms with Crippen molar-refractivity contribution in [3.8, 4) is 5.75 Å². The fourth-order valence-electron chi connectivity index (χ4n) is 3.58. The van der Waals surface area contributed by atoms with Gasteiger partial charge in [-0.05, 0) is 57.0 Å².